The van der Waals surface area contributed by atoms with Gasteiger partial charge in [0.15, 0.2) is 0 Å². The highest BCUT2D eigenvalue weighted by molar-refractivity contribution is 6.06. The number of hydrogen-bond donors (Lipinski definition) is 2. The molecule has 1 aromatic carbocycles. The Morgan fingerprint density at radius 3 is 3.00 bits per heavy atom. The number of likely N-dealkylation sites (N-methyl/N-ethyl adjacent to an activating group) is 1. The van der Waals surface area contributed by atoms with E-state index in [1.54, 1.807) is 18.1 Å². The van der Waals surface area contributed by atoms with Crippen molar-refractivity contribution in [3.8, 4) is 0 Å². The quantitative estimate of drug-likeness (QED) is 0.869. The maximum atomic E-state index is 12.3. The zero-order valence-corrected chi connectivity index (χ0v) is 11.3. The largest absolute Gasteiger partial charge is 0.360 e. The van der Waals surface area contributed by atoms with Crippen molar-refractivity contribution in [2.75, 3.05) is 13.6 Å². The highest BCUT2D eigenvalue weighted by Gasteiger charge is 2.24. The number of aromatic nitrogens is 1. The molecule has 1 aliphatic heterocycles. The predicted octanol–water partition coefficient (Wildman–Crippen LogP) is 1.52. The topological polar surface area (TPSA) is 65.2 Å². The van der Waals surface area contributed by atoms with E-state index in [1.807, 2.05) is 24.3 Å². The summed E-state index contributed by atoms with van der Waals surface area (Å²) in [7, 11) is 1.77. The van der Waals surface area contributed by atoms with Crippen LogP contribution < -0.4 is 5.32 Å². The molecule has 0 aliphatic carbocycles. The van der Waals surface area contributed by atoms with E-state index in [4.69, 9.17) is 0 Å². The standard InChI is InChI=1S/C15H17N3O2/c1-18-9-10(6-7-14(18)19)17-15(20)12-8-16-13-5-3-2-4-11(12)13/h2-5,8,10,16H,6-7,9H2,1H3,(H,17,20). The number of amides is 2. The van der Waals surface area contributed by atoms with Gasteiger partial charge in [-0.15, -0.1) is 0 Å². The molecule has 2 aromatic rings. The third kappa shape index (κ3) is 2.27. The zero-order valence-electron chi connectivity index (χ0n) is 11.3. The van der Waals surface area contributed by atoms with Crippen LogP contribution in [0.2, 0.25) is 0 Å². The van der Waals surface area contributed by atoms with Crippen LogP contribution in [-0.2, 0) is 4.79 Å². The molecule has 3 rings (SSSR count). The number of benzene rings is 1. The minimum atomic E-state index is -0.0878. The molecule has 2 N–H and O–H groups in total. The average Bonchev–Trinajstić information content (AvgIpc) is 2.87. The summed E-state index contributed by atoms with van der Waals surface area (Å²) in [6.45, 7) is 0.576. The first kappa shape index (κ1) is 12.7. The van der Waals surface area contributed by atoms with E-state index in [2.05, 4.69) is 10.3 Å². The van der Waals surface area contributed by atoms with Gasteiger partial charge in [0.25, 0.3) is 5.91 Å². The van der Waals surface area contributed by atoms with Gasteiger partial charge in [-0.3, -0.25) is 9.59 Å². The van der Waals surface area contributed by atoms with Gasteiger partial charge >= 0.3 is 0 Å². The number of piperidine rings is 1. The number of fused-ring (bicyclic) bond motifs is 1. The van der Waals surface area contributed by atoms with Crippen LogP contribution in [0.4, 0.5) is 0 Å². The maximum absolute atomic E-state index is 12.3. The van der Waals surface area contributed by atoms with Crippen LogP contribution in [0.1, 0.15) is 23.2 Å². The summed E-state index contributed by atoms with van der Waals surface area (Å²) >= 11 is 0. The second kappa shape index (κ2) is 5.00. The summed E-state index contributed by atoms with van der Waals surface area (Å²) < 4.78 is 0. The molecular formula is C15H17N3O2. The van der Waals surface area contributed by atoms with Crippen LogP contribution >= 0.6 is 0 Å². The fourth-order valence-corrected chi connectivity index (χ4v) is 2.65. The van der Waals surface area contributed by atoms with E-state index in [9.17, 15) is 9.59 Å². The van der Waals surface area contributed by atoms with Crippen LogP contribution in [0.25, 0.3) is 10.9 Å². The summed E-state index contributed by atoms with van der Waals surface area (Å²) in [5.41, 5.74) is 1.61. The number of carbonyl (C=O) groups excluding carboxylic acids is 2. The molecule has 1 unspecified atom stereocenters. The van der Waals surface area contributed by atoms with Crippen molar-refractivity contribution in [3.05, 3.63) is 36.0 Å². The first-order valence-corrected chi connectivity index (χ1v) is 6.76. The Hall–Kier alpha value is -2.30. The molecule has 0 spiro atoms. The summed E-state index contributed by atoms with van der Waals surface area (Å²) in [6.07, 6.45) is 2.93. The molecule has 1 aliphatic rings. The smallest absolute Gasteiger partial charge is 0.253 e. The van der Waals surface area contributed by atoms with Gasteiger partial charge < -0.3 is 15.2 Å². The molecule has 1 saturated heterocycles. The molecule has 1 fully saturated rings. The summed E-state index contributed by atoms with van der Waals surface area (Å²) in [5, 5.41) is 3.93. The molecule has 0 saturated carbocycles. The summed E-state index contributed by atoms with van der Waals surface area (Å²) in [4.78, 5) is 28.5. The second-order valence-electron chi connectivity index (χ2n) is 5.23. The van der Waals surface area contributed by atoms with E-state index < -0.39 is 0 Å². The molecule has 2 amide bonds. The van der Waals surface area contributed by atoms with Crippen LogP contribution in [0.5, 0.6) is 0 Å². The van der Waals surface area contributed by atoms with E-state index in [0.717, 1.165) is 10.9 Å². The lowest BCUT2D eigenvalue weighted by atomic mass is 10.0. The minimum absolute atomic E-state index is 0.0267. The minimum Gasteiger partial charge on any atom is -0.360 e. The van der Waals surface area contributed by atoms with Crippen LogP contribution in [0.15, 0.2) is 30.5 Å². The predicted molar refractivity (Wildman–Crippen MR) is 76.4 cm³/mol. The van der Waals surface area contributed by atoms with Gasteiger partial charge in [0, 0.05) is 43.2 Å². The van der Waals surface area contributed by atoms with Crippen molar-refractivity contribution < 1.29 is 9.59 Å². The van der Waals surface area contributed by atoms with Crippen molar-refractivity contribution in [3.63, 3.8) is 0 Å². The Labute approximate surface area is 117 Å². The maximum Gasteiger partial charge on any atom is 0.253 e. The van der Waals surface area contributed by atoms with E-state index in [-0.39, 0.29) is 17.9 Å². The van der Waals surface area contributed by atoms with Crippen molar-refractivity contribution in [2.45, 2.75) is 18.9 Å². The Kier molecular flexibility index (Phi) is 3.18. The highest BCUT2D eigenvalue weighted by Crippen LogP contribution is 2.18. The second-order valence-corrected chi connectivity index (χ2v) is 5.23. The van der Waals surface area contributed by atoms with Gasteiger partial charge in [-0.1, -0.05) is 18.2 Å². The molecule has 0 bridgehead atoms. The van der Waals surface area contributed by atoms with Gasteiger partial charge in [0.1, 0.15) is 0 Å². The number of para-hydroxylation sites is 1. The van der Waals surface area contributed by atoms with E-state index in [1.165, 1.54) is 0 Å². The van der Waals surface area contributed by atoms with E-state index in [0.29, 0.717) is 24.9 Å². The molecule has 5 heteroatoms. The SMILES string of the molecule is CN1CC(NC(=O)c2c[nH]c3ccccc23)CCC1=O. The number of nitrogens with one attached hydrogen (secondary N) is 2. The Bertz CT molecular complexity index is 662. The lowest BCUT2D eigenvalue weighted by Gasteiger charge is -2.30. The first-order chi connectivity index (χ1) is 9.65. The van der Waals surface area contributed by atoms with Crippen molar-refractivity contribution >= 4 is 22.7 Å². The Morgan fingerprint density at radius 1 is 1.40 bits per heavy atom. The van der Waals surface area contributed by atoms with Gasteiger partial charge in [0.2, 0.25) is 5.91 Å². The molecule has 20 heavy (non-hydrogen) atoms. The molecule has 104 valence electrons. The number of carbonyl (C=O) groups is 2. The number of aromatic amines is 1. The van der Waals surface area contributed by atoms with Crippen LogP contribution in [0, 0.1) is 0 Å². The molecule has 5 nitrogen and oxygen atoms in total. The number of hydrogen-bond acceptors (Lipinski definition) is 2. The van der Waals surface area contributed by atoms with Crippen molar-refractivity contribution in [1.82, 2.24) is 15.2 Å². The number of nitrogens with zero attached hydrogens (tertiary/aromatic N) is 1. The highest BCUT2D eigenvalue weighted by atomic mass is 16.2. The van der Waals surface area contributed by atoms with Crippen LogP contribution in [0.3, 0.4) is 0 Å². The molecule has 0 radical (unpaired) electrons. The van der Waals surface area contributed by atoms with Gasteiger partial charge in [-0.05, 0) is 12.5 Å². The molecular weight excluding hydrogens is 254 g/mol. The number of likely N-dealkylation sites (tertiary alicyclic amines) is 1. The Balaban J connectivity index is 1.75. The fourth-order valence-electron chi connectivity index (χ4n) is 2.65. The number of rotatable bonds is 2. The summed E-state index contributed by atoms with van der Waals surface area (Å²) in [5.74, 6) is 0.0535. The monoisotopic (exact) mass is 271 g/mol. The van der Waals surface area contributed by atoms with Crippen LogP contribution in [-0.4, -0.2) is 41.3 Å². The zero-order chi connectivity index (χ0) is 14.1. The third-order valence-electron chi connectivity index (χ3n) is 3.80. The lowest BCUT2D eigenvalue weighted by Crippen LogP contribution is -2.48. The van der Waals surface area contributed by atoms with Crippen molar-refractivity contribution in [2.24, 2.45) is 0 Å². The number of H-pyrrole nitrogens is 1. The van der Waals surface area contributed by atoms with E-state index >= 15 is 0 Å². The van der Waals surface area contributed by atoms with Gasteiger partial charge in [0.05, 0.1) is 5.56 Å². The van der Waals surface area contributed by atoms with Gasteiger partial charge in [-0.25, -0.2) is 0 Å². The molecule has 1 atom stereocenters. The normalized spacial score (nSPS) is 19.4. The summed E-state index contributed by atoms with van der Waals surface area (Å²) in [6, 6.07) is 7.75. The fraction of sp³-hybridized carbons (Fsp3) is 0.333. The third-order valence-corrected chi connectivity index (χ3v) is 3.80. The Morgan fingerprint density at radius 2 is 2.20 bits per heavy atom. The van der Waals surface area contributed by atoms with Gasteiger partial charge in [-0.2, -0.15) is 0 Å². The average molecular weight is 271 g/mol. The molecule has 2 heterocycles. The van der Waals surface area contributed by atoms with Crippen molar-refractivity contribution in [1.29, 1.82) is 0 Å². The molecule has 1 aromatic heterocycles. The first-order valence-electron chi connectivity index (χ1n) is 6.76. The lowest BCUT2D eigenvalue weighted by molar-refractivity contribution is -0.132.